The van der Waals surface area contributed by atoms with Gasteiger partial charge in [0.1, 0.15) is 6.23 Å². The molecule has 0 amide bonds. The molecule has 46 heavy (non-hydrogen) atoms. The Morgan fingerprint density at radius 2 is 0.935 bits per heavy atom. The lowest BCUT2D eigenvalue weighted by atomic mass is 9.96. The third-order valence-corrected chi connectivity index (χ3v) is 8.75. The first-order valence-electron chi connectivity index (χ1n) is 19.1. The van der Waals surface area contributed by atoms with E-state index in [4.69, 9.17) is 9.47 Å². The van der Waals surface area contributed by atoms with Gasteiger partial charge in [-0.3, -0.25) is 14.5 Å². The Hall–Kier alpha value is -1.82. The first-order chi connectivity index (χ1) is 22.5. The third kappa shape index (κ3) is 20.4. The number of ether oxygens (including phenoxy) is 2. The van der Waals surface area contributed by atoms with Gasteiger partial charge in [-0.1, -0.05) is 127 Å². The number of likely N-dealkylation sites (N-methyl/N-ethyl adjacent to an activating group) is 1. The smallest absolute Gasteiger partial charge is 0.292 e. The molecule has 5 heteroatoms. The fraction of sp³-hybridized carbons (Fsp3) is 0.756. The van der Waals surface area contributed by atoms with Crippen molar-refractivity contribution in [3.63, 3.8) is 0 Å². The molecule has 1 heterocycles. The average Bonchev–Trinajstić information content (AvgIpc) is 3.52. The molecule has 0 aromatic carbocycles. The highest BCUT2D eigenvalue weighted by Crippen LogP contribution is 2.31. The van der Waals surface area contributed by atoms with Crippen LogP contribution in [0.5, 0.6) is 0 Å². The predicted octanol–water partition coefficient (Wildman–Crippen LogP) is 11.4. The topological polar surface area (TPSA) is 55.8 Å². The summed E-state index contributed by atoms with van der Waals surface area (Å²) in [5, 5.41) is 0. The van der Waals surface area contributed by atoms with Gasteiger partial charge < -0.3 is 9.47 Å². The summed E-state index contributed by atoms with van der Waals surface area (Å²) < 4.78 is 12.0. The normalized spacial score (nSPS) is 16.8. The highest BCUT2D eigenvalue weighted by molar-refractivity contribution is 6.09. The van der Waals surface area contributed by atoms with Crippen molar-refractivity contribution in [2.24, 2.45) is 0 Å². The Bertz CT molecular complexity index is 814. The van der Waals surface area contributed by atoms with Crippen molar-refractivity contribution in [2.75, 3.05) is 20.7 Å². The first kappa shape index (κ1) is 42.2. The van der Waals surface area contributed by atoms with E-state index in [0.29, 0.717) is 12.8 Å². The van der Waals surface area contributed by atoms with E-state index in [1.807, 2.05) is 19.0 Å². The maximum absolute atomic E-state index is 13.4. The molecule has 1 atom stereocenters. The summed E-state index contributed by atoms with van der Waals surface area (Å²) in [7, 11) is 3.78. The number of unbranched alkanes of at least 4 members (excludes halogenated alkanes) is 16. The Labute approximate surface area is 284 Å². The molecule has 0 aliphatic carbocycles. The molecule has 1 aliphatic rings. The van der Waals surface area contributed by atoms with Crippen molar-refractivity contribution >= 4 is 11.6 Å². The van der Waals surface area contributed by atoms with Crippen LogP contribution in [0, 0.1) is 0 Å². The van der Waals surface area contributed by atoms with E-state index in [0.717, 1.165) is 77.0 Å². The molecule has 0 aromatic heterocycles. The average molecular weight is 642 g/mol. The zero-order chi connectivity index (χ0) is 33.6. The van der Waals surface area contributed by atoms with Gasteiger partial charge in [-0.15, -0.1) is 0 Å². The lowest BCUT2D eigenvalue weighted by molar-refractivity contribution is -0.196. The number of rotatable bonds is 31. The Morgan fingerprint density at radius 1 is 0.565 bits per heavy atom. The van der Waals surface area contributed by atoms with Gasteiger partial charge in [-0.2, -0.15) is 0 Å². The number of ketones is 2. The number of hydrogen-bond acceptors (Lipinski definition) is 5. The summed E-state index contributed by atoms with van der Waals surface area (Å²) in [6.45, 7) is 4.73. The van der Waals surface area contributed by atoms with Gasteiger partial charge in [0.05, 0.1) is 6.61 Å². The second-order valence-electron chi connectivity index (χ2n) is 13.3. The summed E-state index contributed by atoms with van der Waals surface area (Å²) in [5.74, 6) is -2.11. The van der Waals surface area contributed by atoms with Crippen molar-refractivity contribution in [3.8, 4) is 0 Å². The molecule has 0 N–H and O–H groups in total. The Morgan fingerprint density at radius 3 is 1.30 bits per heavy atom. The van der Waals surface area contributed by atoms with Crippen LogP contribution in [-0.2, 0) is 19.1 Å². The van der Waals surface area contributed by atoms with E-state index in [1.54, 1.807) is 0 Å². The van der Waals surface area contributed by atoms with Crippen molar-refractivity contribution in [3.05, 3.63) is 48.6 Å². The third-order valence-electron chi connectivity index (χ3n) is 8.75. The second-order valence-corrected chi connectivity index (χ2v) is 13.3. The Kier molecular flexibility index (Phi) is 26.9. The number of hydrogen-bond donors (Lipinski definition) is 0. The van der Waals surface area contributed by atoms with Crippen LogP contribution in [0.2, 0.25) is 0 Å². The van der Waals surface area contributed by atoms with E-state index in [-0.39, 0.29) is 24.4 Å². The number of allylic oxidation sites excluding steroid dienone is 8. The minimum Gasteiger partial charge on any atom is -0.333 e. The molecule has 1 aliphatic heterocycles. The standard InChI is InChI=1S/C41H71NO4/c1-5-7-9-11-13-15-17-19-21-23-25-27-29-31-33-35-38(43)41(45-37-40(46-41)42(3)4)39(44)36-34-32-30-28-26-24-22-20-18-16-14-12-10-8-6-2/h13-16,19-22,40H,5-12,17-18,23-37H2,1-4H3/b15-13-,16-14-,21-19-,22-20-. The van der Waals surface area contributed by atoms with Crippen LogP contribution in [0.3, 0.4) is 0 Å². The predicted molar refractivity (Wildman–Crippen MR) is 196 cm³/mol. The van der Waals surface area contributed by atoms with Gasteiger partial charge in [0.15, 0.2) is 11.6 Å². The molecule has 0 radical (unpaired) electrons. The molecular weight excluding hydrogens is 570 g/mol. The van der Waals surface area contributed by atoms with Gasteiger partial charge in [0.2, 0.25) is 0 Å². The SMILES string of the molecule is CCCCC/C=C\C/C=C\CCCCCCCC(=O)C1(C(=O)CCCCCCC/C=C\C/C=C\CCCCC)OCC(N(C)C)O1. The molecule has 0 aromatic rings. The van der Waals surface area contributed by atoms with Crippen LogP contribution in [0.4, 0.5) is 0 Å². The quantitative estimate of drug-likeness (QED) is 0.0428. The van der Waals surface area contributed by atoms with Crippen molar-refractivity contribution in [1.82, 2.24) is 4.90 Å². The molecule has 5 nitrogen and oxygen atoms in total. The molecule has 1 unspecified atom stereocenters. The fourth-order valence-corrected chi connectivity index (χ4v) is 5.67. The molecular formula is C41H71NO4. The van der Waals surface area contributed by atoms with Gasteiger partial charge in [-0.05, 0) is 91.1 Å². The Balaban J connectivity index is 2.25. The van der Waals surface area contributed by atoms with E-state index in [1.165, 1.54) is 64.2 Å². The van der Waals surface area contributed by atoms with E-state index >= 15 is 0 Å². The highest BCUT2D eigenvalue weighted by Gasteiger charge is 2.53. The molecule has 1 saturated heterocycles. The lowest BCUT2D eigenvalue weighted by Crippen LogP contribution is -2.49. The summed E-state index contributed by atoms with van der Waals surface area (Å²) in [6.07, 6.45) is 43.5. The molecule has 0 saturated carbocycles. The van der Waals surface area contributed by atoms with Gasteiger partial charge in [0.25, 0.3) is 5.79 Å². The largest absolute Gasteiger partial charge is 0.333 e. The number of carbonyl (C=O) groups is 2. The summed E-state index contributed by atoms with van der Waals surface area (Å²) >= 11 is 0. The van der Waals surface area contributed by atoms with Gasteiger partial charge >= 0.3 is 0 Å². The number of carbonyl (C=O) groups excluding carboxylic acids is 2. The minimum absolute atomic E-state index is 0.199. The molecule has 1 rings (SSSR count). The van der Waals surface area contributed by atoms with E-state index in [9.17, 15) is 9.59 Å². The van der Waals surface area contributed by atoms with Crippen LogP contribution >= 0.6 is 0 Å². The molecule has 0 spiro atoms. The molecule has 264 valence electrons. The van der Waals surface area contributed by atoms with Crippen LogP contribution in [0.1, 0.15) is 168 Å². The zero-order valence-corrected chi connectivity index (χ0v) is 30.5. The lowest BCUT2D eigenvalue weighted by Gasteiger charge is -2.26. The van der Waals surface area contributed by atoms with Crippen molar-refractivity contribution < 1.29 is 19.1 Å². The highest BCUT2D eigenvalue weighted by atomic mass is 16.8. The van der Waals surface area contributed by atoms with E-state index < -0.39 is 5.79 Å². The summed E-state index contributed by atoms with van der Waals surface area (Å²) in [6, 6.07) is 0. The van der Waals surface area contributed by atoms with Crippen LogP contribution in [-0.4, -0.2) is 49.2 Å². The number of Topliss-reactive ketones (excluding diaryl/α,β-unsaturated/α-hetero) is 2. The minimum atomic E-state index is -1.71. The monoisotopic (exact) mass is 642 g/mol. The van der Waals surface area contributed by atoms with Crippen LogP contribution in [0.15, 0.2) is 48.6 Å². The second kappa shape index (κ2) is 29.3. The maximum atomic E-state index is 13.4. The first-order valence-corrected chi connectivity index (χ1v) is 19.1. The van der Waals surface area contributed by atoms with Gasteiger partial charge in [0, 0.05) is 12.8 Å². The fourth-order valence-electron chi connectivity index (χ4n) is 5.67. The molecule has 0 bridgehead atoms. The van der Waals surface area contributed by atoms with Crippen molar-refractivity contribution in [1.29, 1.82) is 0 Å². The van der Waals surface area contributed by atoms with Crippen LogP contribution < -0.4 is 0 Å². The van der Waals surface area contributed by atoms with Gasteiger partial charge in [-0.25, -0.2) is 0 Å². The molecule has 1 fully saturated rings. The summed E-state index contributed by atoms with van der Waals surface area (Å²) in [4.78, 5) is 28.6. The summed E-state index contributed by atoms with van der Waals surface area (Å²) in [5.41, 5.74) is 0. The zero-order valence-electron chi connectivity index (χ0n) is 30.5. The van der Waals surface area contributed by atoms with Crippen LogP contribution in [0.25, 0.3) is 0 Å². The number of nitrogens with zero attached hydrogens (tertiary/aromatic N) is 1. The van der Waals surface area contributed by atoms with Crippen molar-refractivity contribution in [2.45, 2.75) is 180 Å². The maximum Gasteiger partial charge on any atom is 0.292 e. The van der Waals surface area contributed by atoms with E-state index in [2.05, 4.69) is 62.5 Å².